The number of hydrogen-bond donors (Lipinski definition) is 1. The van der Waals surface area contributed by atoms with Crippen LogP contribution in [0.15, 0.2) is 12.3 Å². The maximum absolute atomic E-state index is 12.6. The van der Waals surface area contributed by atoms with Gasteiger partial charge >= 0.3 is 0 Å². The first-order chi connectivity index (χ1) is 13.1. The third-order valence-corrected chi connectivity index (χ3v) is 6.08. The minimum absolute atomic E-state index is 0.0251. The number of amides is 2. The van der Waals surface area contributed by atoms with Gasteiger partial charge in [0.1, 0.15) is 5.82 Å². The number of likely N-dealkylation sites (tertiary alicyclic amines) is 1. The van der Waals surface area contributed by atoms with Crippen molar-refractivity contribution in [2.45, 2.75) is 51.0 Å². The molecule has 0 spiro atoms. The lowest BCUT2D eigenvalue weighted by atomic mass is 10.0. The Morgan fingerprint density at radius 3 is 2.37 bits per heavy atom. The molecule has 0 radical (unpaired) electrons. The molecule has 0 aromatic carbocycles. The molecule has 0 unspecified atom stereocenters. The molecule has 0 bridgehead atoms. The van der Waals surface area contributed by atoms with E-state index in [0.29, 0.717) is 10.6 Å². The highest BCUT2D eigenvalue weighted by molar-refractivity contribution is 6.33. The van der Waals surface area contributed by atoms with Crippen LogP contribution in [0.5, 0.6) is 0 Å². The molecular weight excluding hydrogens is 364 g/mol. The largest absolute Gasteiger partial charge is 0.355 e. The molecule has 2 aliphatic heterocycles. The number of rotatable bonds is 4. The highest BCUT2D eigenvalue weighted by Crippen LogP contribution is 2.30. The van der Waals surface area contributed by atoms with Gasteiger partial charge in [-0.05, 0) is 51.0 Å². The number of pyridine rings is 1. The predicted molar refractivity (Wildman–Crippen MR) is 105 cm³/mol. The summed E-state index contributed by atoms with van der Waals surface area (Å²) in [5, 5.41) is 3.68. The maximum atomic E-state index is 12.6. The van der Waals surface area contributed by atoms with Crippen LogP contribution in [0.3, 0.4) is 0 Å². The van der Waals surface area contributed by atoms with Gasteiger partial charge in [-0.3, -0.25) is 9.59 Å². The number of piperidine rings is 2. The first-order valence-corrected chi connectivity index (χ1v) is 10.5. The fourth-order valence-electron chi connectivity index (χ4n) is 3.96. The Hall–Kier alpha value is -1.82. The van der Waals surface area contributed by atoms with Gasteiger partial charge in [0.15, 0.2) is 0 Å². The Kier molecular flexibility index (Phi) is 5.53. The van der Waals surface area contributed by atoms with Crippen LogP contribution < -0.4 is 10.2 Å². The second-order valence-electron chi connectivity index (χ2n) is 7.93. The van der Waals surface area contributed by atoms with Crippen molar-refractivity contribution in [2.24, 2.45) is 5.92 Å². The number of halogens is 1. The number of hydrogen-bond acceptors (Lipinski definition) is 4. The topological polar surface area (TPSA) is 65.5 Å². The van der Waals surface area contributed by atoms with Gasteiger partial charge in [0, 0.05) is 44.3 Å². The lowest BCUT2D eigenvalue weighted by Gasteiger charge is -2.33. The summed E-state index contributed by atoms with van der Waals surface area (Å²) in [7, 11) is 0. The fourth-order valence-corrected chi connectivity index (χ4v) is 4.25. The minimum Gasteiger partial charge on any atom is -0.355 e. The number of anilines is 1. The summed E-state index contributed by atoms with van der Waals surface area (Å²) < 4.78 is 0. The predicted octanol–water partition coefficient (Wildman–Crippen LogP) is 2.86. The Bertz CT molecular complexity index is 708. The van der Waals surface area contributed by atoms with Crippen LogP contribution >= 0.6 is 11.6 Å². The summed E-state index contributed by atoms with van der Waals surface area (Å²) in [6, 6.07) is 2.00. The van der Waals surface area contributed by atoms with Crippen LogP contribution in [0.25, 0.3) is 0 Å². The number of nitrogens with zero attached hydrogens (tertiary/aromatic N) is 3. The van der Waals surface area contributed by atoms with Crippen LogP contribution in [0.1, 0.15) is 55.3 Å². The van der Waals surface area contributed by atoms with E-state index in [1.807, 2.05) is 4.90 Å². The number of aromatic nitrogens is 1. The van der Waals surface area contributed by atoms with Gasteiger partial charge in [0.25, 0.3) is 5.91 Å². The van der Waals surface area contributed by atoms with Crippen molar-refractivity contribution in [1.82, 2.24) is 15.2 Å². The van der Waals surface area contributed by atoms with Gasteiger partial charge < -0.3 is 15.1 Å². The summed E-state index contributed by atoms with van der Waals surface area (Å²) in [5.41, 5.74) is 0.567. The van der Waals surface area contributed by atoms with E-state index in [-0.39, 0.29) is 23.8 Å². The molecule has 7 heteroatoms. The first-order valence-electron chi connectivity index (χ1n) is 10.1. The summed E-state index contributed by atoms with van der Waals surface area (Å²) in [6.45, 7) is 3.25. The molecule has 6 nitrogen and oxygen atoms in total. The van der Waals surface area contributed by atoms with E-state index in [1.165, 1.54) is 6.42 Å². The standard InChI is InChI=1S/C20H27ClN4O2/c21-17-12-15(20(27)25-8-2-1-3-9-25)13-22-18(17)24-10-6-16(7-11-24)23-19(26)14-4-5-14/h12-14,16H,1-11H2,(H,23,26). The zero-order valence-electron chi connectivity index (χ0n) is 15.6. The Labute approximate surface area is 165 Å². The average molecular weight is 391 g/mol. The second-order valence-corrected chi connectivity index (χ2v) is 8.33. The van der Waals surface area contributed by atoms with Gasteiger partial charge in [0.2, 0.25) is 5.91 Å². The van der Waals surface area contributed by atoms with E-state index in [4.69, 9.17) is 11.6 Å². The van der Waals surface area contributed by atoms with Crippen molar-refractivity contribution in [3.8, 4) is 0 Å². The average Bonchev–Trinajstić information content (AvgIpc) is 3.54. The summed E-state index contributed by atoms with van der Waals surface area (Å²) >= 11 is 6.47. The second kappa shape index (κ2) is 8.05. The SMILES string of the molecule is O=C(NC1CCN(c2ncc(C(=O)N3CCCCC3)cc2Cl)CC1)C1CC1. The monoisotopic (exact) mass is 390 g/mol. The van der Waals surface area contributed by atoms with Crippen LogP contribution in [0.2, 0.25) is 5.02 Å². The van der Waals surface area contributed by atoms with Crippen LogP contribution in [0, 0.1) is 5.92 Å². The number of carbonyl (C=O) groups is 2. The third kappa shape index (κ3) is 4.37. The third-order valence-electron chi connectivity index (χ3n) is 5.80. The first kappa shape index (κ1) is 18.5. The molecule has 3 aliphatic rings. The highest BCUT2D eigenvalue weighted by Gasteiger charge is 2.32. The molecule has 1 N–H and O–H groups in total. The minimum atomic E-state index is 0.0251. The van der Waals surface area contributed by atoms with E-state index in [9.17, 15) is 9.59 Å². The van der Waals surface area contributed by atoms with Gasteiger partial charge in [-0.25, -0.2) is 4.98 Å². The molecule has 0 atom stereocenters. The molecule has 3 fully saturated rings. The van der Waals surface area contributed by atoms with E-state index in [2.05, 4.69) is 15.2 Å². The molecule has 1 saturated carbocycles. The van der Waals surface area contributed by atoms with Crippen LogP contribution in [-0.2, 0) is 4.79 Å². The molecule has 4 rings (SSSR count). The molecule has 1 aliphatic carbocycles. The zero-order valence-corrected chi connectivity index (χ0v) is 16.4. The van der Waals surface area contributed by atoms with Crippen molar-refractivity contribution >= 4 is 29.2 Å². The molecule has 1 aromatic heterocycles. The van der Waals surface area contributed by atoms with E-state index < -0.39 is 0 Å². The maximum Gasteiger partial charge on any atom is 0.255 e. The normalized spacial score (nSPS) is 21.2. The molecule has 2 saturated heterocycles. The Balaban J connectivity index is 1.35. The van der Waals surface area contributed by atoms with Crippen molar-refractivity contribution < 1.29 is 9.59 Å². The molecule has 146 valence electrons. The van der Waals surface area contributed by atoms with Gasteiger partial charge in [-0.15, -0.1) is 0 Å². The Morgan fingerprint density at radius 1 is 1.04 bits per heavy atom. The molecule has 3 heterocycles. The van der Waals surface area contributed by atoms with Gasteiger partial charge in [0.05, 0.1) is 10.6 Å². The van der Waals surface area contributed by atoms with Crippen molar-refractivity contribution in [3.05, 3.63) is 22.8 Å². The zero-order chi connectivity index (χ0) is 18.8. The molecule has 2 amide bonds. The summed E-state index contributed by atoms with van der Waals surface area (Å²) in [5.74, 6) is 1.23. The summed E-state index contributed by atoms with van der Waals surface area (Å²) in [6.07, 6.45) is 8.83. The molecule has 27 heavy (non-hydrogen) atoms. The van der Waals surface area contributed by atoms with Crippen LogP contribution in [-0.4, -0.2) is 53.9 Å². The fraction of sp³-hybridized carbons (Fsp3) is 0.650. The van der Waals surface area contributed by atoms with E-state index in [1.54, 1.807) is 12.3 Å². The Morgan fingerprint density at radius 2 is 1.74 bits per heavy atom. The number of carbonyl (C=O) groups excluding carboxylic acids is 2. The number of nitrogens with one attached hydrogen (secondary N) is 1. The van der Waals surface area contributed by atoms with Crippen molar-refractivity contribution in [1.29, 1.82) is 0 Å². The highest BCUT2D eigenvalue weighted by atomic mass is 35.5. The van der Waals surface area contributed by atoms with E-state index in [0.717, 1.165) is 70.5 Å². The van der Waals surface area contributed by atoms with E-state index >= 15 is 0 Å². The van der Waals surface area contributed by atoms with Crippen molar-refractivity contribution in [3.63, 3.8) is 0 Å². The smallest absolute Gasteiger partial charge is 0.255 e. The lowest BCUT2D eigenvalue weighted by molar-refractivity contribution is -0.123. The lowest BCUT2D eigenvalue weighted by Crippen LogP contribution is -2.45. The molecular formula is C20H27ClN4O2. The summed E-state index contributed by atoms with van der Waals surface area (Å²) in [4.78, 5) is 33.1. The van der Waals surface area contributed by atoms with Crippen molar-refractivity contribution in [2.75, 3.05) is 31.1 Å². The van der Waals surface area contributed by atoms with Gasteiger partial charge in [-0.2, -0.15) is 0 Å². The quantitative estimate of drug-likeness (QED) is 0.858. The van der Waals surface area contributed by atoms with Crippen LogP contribution in [0.4, 0.5) is 5.82 Å². The van der Waals surface area contributed by atoms with Gasteiger partial charge in [-0.1, -0.05) is 11.6 Å². The molecule has 1 aromatic rings.